The summed E-state index contributed by atoms with van der Waals surface area (Å²) in [5.74, 6) is -1.05. The van der Waals surface area contributed by atoms with E-state index < -0.39 is 12.1 Å². The van der Waals surface area contributed by atoms with Gasteiger partial charge in [-0.3, -0.25) is 4.79 Å². The van der Waals surface area contributed by atoms with Crippen molar-refractivity contribution in [2.45, 2.75) is 26.7 Å². The van der Waals surface area contributed by atoms with E-state index in [4.69, 9.17) is 9.47 Å². The molecular weight excluding hydrogens is 334 g/mol. The summed E-state index contributed by atoms with van der Waals surface area (Å²) in [6.45, 7) is 4.94. The molecule has 2 rings (SSSR count). The molecule has 0 spiro atoms. The molecule has 0 bridgehead atoms. The van der Waals surface area contributed by atoms with E-state index in [1.165, 1.54) is 0 Å². The highest BCUT2D eigenvalue weighted by Crippen LogP contribution is 2.21. The topological polar surface area (TPSA) is 97.8 Å². The van der Waals surface area contributed by atoms with Crippen LogP contribution in [0.5, 0.6) is 0 Å². The van der Waals surface area contributed by atoms with Crippen molar-refractivity contribution in [3.05, 3.63) is 11.1 Å². The average Bonchev–Trinajstić information content (AvgIpc) is 3.04. The Balaban J connectivity index is 1.92. The third kappa shape index (κ3) is 4.67. The van der Waals surface area contributed by atoms with E-state index in [-0.39, 0.29) is 24.1 Å². The van der Waals surface area contributed by atoms with Crippen LogP contribution in [0, 0.1) is 5.92 Å². The molecule has 1 aliphatic rings. The molecule has 0 unspecified atom stereocenters. The number of likely N-dealkylation sites (tertiary alicyclic amines) is 1. The number of rotatable bonds is 5. The van der Waals surface area contributed by atoms with Crippen molar-refractivity contribution < 1.29 is 23.9 Å². The third-order valence-electron chi connectivity index (χ3n) is 3.54. The minimum absolute atomic E-state index is 0.175. The lowest BCUT2D eigenvalue weighted by molar-refractivity contribution is -0.121. The van der Waals surface area contributed by atoms with Crippen molar-refractivity contribution in [2.75, 3.05) is 31.6 Å². The smallest absolute Gasteiger partial charge is 0.409 e. The molecule has 0 saturated carbocycles. The summed E-state index contributed by atoms with van der Waals surface area (Å²) in [7, 11) is 0. The first-order valence-electron chi connectivity index (χ1n) is 7.90. The molecule has 132 valence electrons. The number of hydrogen-bond acceptors (Lipinski definition) is 7. The summed E-state index contributed by atoms with van der Waals surface area (Å²) in [5, 5.41) is 4.59. The molecular formula is C15H21N3O5S. The second-order valence-electron chi connectivity index (χ2n) is 5.23. The van der Waals surface area contributed by atoms with Crippen LogP contribution < -0.4 is 5.32 Å². The van der Waals surface area contributed by atoms with Gasteiger partial charge in [0.15, 0.2) is 10.8 Å². The average molecular weight is 355 g/mol. The minimum atomic E-state index is -0.514. The first-order chi connectivity index (χ1) is 11.5. The first kappa shape index (κ1) is 18.2. The lowest BCUT2D eigenvalue weighted by atomic mass is 9.97. The number of anilines is 1. The van der Waals surface area contributed by atoms with Crippen LogP contribution >= 0.6 is 11.3 Å². The summed E-state index contributed by atoms with van der Waals surface area (Å²) in [5.41, 5.74) is 0.175. The Morgan fingerprint density at radius 1 is 1.33 bits per heavy atom. The van der Waals surface area contributed by atoms with Gasteiger partial charge in [0.2, 0.25) is 5.91 Å². The molecule has 2 amide bonds. The van der Waals surface area contributed by atoms with E-state index >= 15 is 0 Å². The Labute approximate surface area is 144 Å². The summed E-state index contributed by atoms with van der Waals surface area (Å²) in [6, 6.07) is 0. The van der Waals surface area contributed by atoms with Gasteiger partial charge in [-0.1, -0.05) is 0 Å². The maximum absolute atomic E-state index is 12.4. The molecule has 1 atom stereocenters. The standard InChI is InChI=1S/C15H21N3O5S/c1-3-22-13(20)11-9-24-14(16-11)17-12(19)10-6-5-7-18(8-10)15(21)23-4-2/h9-10H,3-8H2,1-2H3,(H,16,17,19)/t10-/m1/s1. The predicted octanol–water partition coefficient (Wildman–Crippen LogP) is 2.13. The zero-order valence-corrected chi connectivity index (χ0v) is 14.6. The molecule has 1 aromatic rings. The number of thiazole rings is 1. The van der Waals surface area contributed by atoms with Gasteiger partial charge in [-0.25, -0.2) is 14.6 Å². The Hall–Kier alpha value is -2.16. The van der Waals surface area contributed by atoms with Crippen molar-refractivity contribution in [1.82, 2.24) is 9.88 Å². The molecule has 0 radical (unpaired) electrons. The van der Waals surface area contributed by atoms with Crippen LogP contribution in [-0.4, -0.2) is 54.2 Å². The zero-order chi connectivity index (χ0) is 17.5. The van der Waals surface area contributed by atoms with Gasteiger partial charge in [0.1, 0.15) is 0 Å². The highest BCUT2D eigenvalue weighted by Gasteiger charge is 2.29. The fraction of sp³-hybridized carbons (Fsp3) is 0.600. The van der Waals surface area contributed by atoms with E-state index in [1.54, 1.807) is 24.1 Å². The van der Waals surface area contributed by atoms with Gasteiger partial charge < -0.3 is 19.7 Å². The van der Waals surface area contributed by atoms with Crippen molar-refractivity contribution in [2.24, 2.45) is 5.92 Å². The Kier molecular flexibility index (Phi) is 6.53. The van der Waals surface area contributed by atoms with Crippen LogP contribution in [0.15, 0.2) is 5.38 Å². The summed E-state index contributed by atoms with van der Waals surface area (Å²) in [6.07, 6.45) is 1.04. The Morgan fingerprint density at radius 3 is 2.79 bits per heavy atom. The van der Waals surface area contributed by atoms with Gasteiger partial charge in [-0.2, -0.15) is 0 Å². The van der Waals surface area contributed by atoms with Crippen molar-refractivity contribution in [3.63, 3.8) is 0 Å². The van der Waals surface area contributed by atoms with Gasteiger partial charge in [0, 0.05) is 18.5 Å². The second-order valence-corrected chi connectivity index (χ2v) is 6.09. The number of ether oxygens (including phenoxy) is 2. The zero-order valence-electron chi connectivity index (χ0n) is 13.7. The molecule has 2 heterocycles. The monoisotopic (exact) mass is 355 g/mol. The van der Waals surface area contributed by atoms with Gasteiger partial charge in [0.05, 0.1) is 19.1 Å². The first-order valence-corrected chi connectivity index (χ1v) is 8.78. The number of nitrogens with zero attached hydrogens (tertiary/aromatic N) is 2. The van der Waals surface area contributed by atoms with Gasteiger partial charge in [-0.05, 0) is 26.7 Å². The van der Waals surface area contributed by atoms with Crippen LogP contribution in [0.3, 0.4) is 0 Å². The predicted molar refractivity (Wildman–Crippen MR) is 88.0 cm³/mol. The fourth-order valence-corrected chi connectivity index (χ4v) is 3.09. The van der Waals surface area contributed by atoms with Gasteiger partial charge >= 0.3 is 12.1 Å². The summed E-state index contributed by atoms with van der Waals surface area (Å²) in [4.78, 5) is 41.3. The molecule has 9 heteroatoms. The SMILES string of the molecule is CCOC(=O)c1csc(NC(=O)[C@@H]2CCCN(C(=O)OCC)C2)n1. The van der Waals surface area contributed by atoms with Crippen molar-refractivity contribution >= 4 is 34.4 Å². The number of carbonyl (C=O) groups is 3. The van der Waals surface area contributed by atoms with Crippen LogP contribution in [0.1, 0.15) is 37.2 Å². The van der Waals surface area contributed by atoms with Crippen LogP contribution in [-0.2, 0) is 14.3 Å². The van der Waals surface area contributed by atoms with Crippen molar-refractivity contribution in [1.29, 1.82) is 0 Å². The van der Waals surface area contributed by atoms with Crippen LogP contribution in [0.2, 0.25) is 0 Å². The van der Waals surface area contributed by atoms with E-state index in [1.807, 2.05) is 0 Å². The lowest BCUT2D eigenvalue weighted by Crippen LogP contribution is -2.44. The molecule has 8 nitrogen and oxygen atoms in total. The molecule has 24 heavy (non-hydrogen) atoms. The van der Waals surface area contributed by atoms with Crippen molar-refractivity contribution in [3.8, 4) is 0 Å². The molecule has 0 aromatic carbocycles. The van der Waals surface area contributed by atoms with Crippen LogP contribution in [0.25, 0.3) is 0 Å². The number of nitrogens with one attached hydrogen (secondary N) is 1. The Morgan fingerprint density at radius 2 is 2.08 bits per heavy atom. The number of piperidine rings is 1. The van der Waals surface area contributed by atoms with E-state index in [9.17, 15) is 14.4 Å². The third-order valence-corrected chi connectivity index (χ3v) is 4.29. The number of esters is 1. The maximum Gasteiger partial charge on any atom is 0.409 e. The highest BCUT2D eigenvalue weighted by atomic mass is 32.1. The maximum atomic E-state index is 12.4. The number of hydrogen-bond donors (Lipinski definition) is 1. The van der Waals surface area contributed by atoms with Crippen LogP contribution in [0.4, 0.5) is 9.93 Å². The summed E-state index contributed by atoms with van der Waals surface area (Å²) < 4.78 is 9.83. The molecule has 1 fully saturated rings. The fourth-order valence-electron chi connectivity index (χ4n) is 2.41. The summed E-state index contributed by atoms with van der Waals surface area (Å²) >= 11 is 1.16. The number of carbonyl (C=O) groups excluding carboxylic acids is 3. The number of amides is 2. The van der Waals surface area contributed by atoms with E-state index in [0.717, 1.165) is 17.8 Å². The van der Waals surface area contributed by atoms with Gasteiger partial charge in [0.25, 0.3) is 0 Å². The lowest BCUT2D eigenvalue weighted by Gasteiger charge is -2.30. The quantitative estimate of drug-likeness (QED) is 0.813. The second kappa shape index (κ2) is 8.62. The normalized spacial score (nSPS) is 17.2. The molecule has 1 aliphatic heterocycles. The highest BCUT2D eigenvalue weighted by molar-refractivity contribution is 7.14. The molecule has 1 aromatic heterocycles. The largest absolute Gasteiger partial charge is 0.461 e. The number of aromatic nitrogens is 1. The van der Waals surface area contributed by atoms with E-state index in [2.05, 4.69) is 10.3 Å². The van der Waals surface area contributed by atoms with Gasteiger partial charge in [-0.15, -0.1) is 11.3 Å². The Bertz CT molecular complexity index is 604. The molecule has 1 N–H and O–H groups in total. The van der Waals surface area contributed by atoms with E-state index in [0.29, 0.717) is 31.2 Å². The molecule has 1 saturated heterocycles. The minimum Gasteiger partial charge on any atom is -0.461 e. The molecule has 0 aliphatic carbocycles.